The number of ketones is 2. The zero-order valence-corrected chi connectivity index (χ0v) is 13.9. The minimum absolute atomic E-state index is 0. The molecule has 0 amide bonds. The summed E-state index contributed by atoms with van der Waals surface area (Å²) in [5, 5.41) is 10.5. The Hall–Kier alpha value is -1.70. The van der Waals surface area contributed by atoms with Gasteiger partial charge in [0, 0.05) is 5.78 Å². The Balaban J connectivity index is 0.00000400. The number of hydrogen-bond acceptors (Lipinski definition) is 6. The van der Waals surface area contributed by atoms with Crippen molar-refractivity contribution in [2.45, 2.75) is 13.8 Å². The SMILES string of the molecule is CCOC(=O)[C-](C(C)=O)C(=O)c1ccc([N+](=O)[O-])cc1.[Na+]. The summed E-state index contributed by atoms with van der Waals surface area (Å²) in [5.74, 6) is -3.12. The van der Waals surface area contributed by atoms with Gasteiger partial charge >= 0.3 is 29.6 Å². The molecule has 7 nitrogen and oxygen atoms in total. The van der Waals surface area contributed by atoms with Crippen molar-refractivity contribution >= 4 is 23.2 Å². The van der Waals surface area contributed by atoms with Crippen LogP contribution in [0.5, 0.6) is 0 Å². The molecule has 0 bridgehead atoms. The Morgan fingerprint density at radius 1 is 1.24 bits per heavy atom. The van der Waals surface area contributed by atoms with Crippen LogP contribution in [-0.4, -0.2) is 29.1 Å². The molecule has 21 heavy (non-hydrogen) atoms. The standard InChI is InChI=1S/C13H12NO6.Na/c1-3-20-13(17)11(8(2)15)12(16)9-4-6-10(7-5-9)14(18)19;/h4-7H,3H2,1-2H3;/q-1;+1. The third-order valence-electron chi connectivity index (χ3n) is 2.40. The van der Waals surface area contributed by atoms with Crippen molar-refractivity contribution in [3.63, 3.8) is 0 Å². The Morgan fingerprint density at radius 3 is 2.14 bits per heavy atom. The second kappa shape index (κ2) is 8.56. The number of Topliss-reactive ketones (excluding diaryl/α,β-unsaturated/α-hetero) is 2. The van der Waals surface area contributed by atoms with Crippen LogP contribution in [0.1, 0.15) is 24.2 Å². The molecule has 1 rings (SSSR count). The van der Waals surface area contributed by atoms with E-state index in [-0.39, 0.29) is 47.4 Å². The molecule has 0 unspecified atom stereocenters. The molecule has 0 atom stereocenters. The molecule has 0 saturated heterocycles. The fraction of sp³-hybridized carbons (Fsp3) is 0.231. The molecular formula is C13H12NNaO6. The molecule has 0 aromatic heterocycles. The van der Waals surface area contributed by atoms with Gasteiger partial charge in [0.2, 0.25) is 0 Å². The number of carbonyl (C=O) groups is 3. The van der Waals surface area contributed by atoms with Gasteiger partial charge in [0.25, 0.3) is 11.7 Å². The Bertz CT molecular complexity index is 554. The first-order valence-electron chi connectivity index (χ1n) is 5.72. The second-order valence-electron chi connectivity index (χ2n) is 3.78. The Labute approximate surface area is 143 Å². The predicted molar refractivity (Wildman–Crippen MR) is 68.0 cm³/mol. The van der Waals surface area contributed by atoms with E-state index in [4.69, 9.17) is 0 Å². The van der Waals surface area contributed by atoms with Gasteiger partial charge in [-0.1, -0.05) is 0 Å². The molecule has 0 heterocycles. The van der Waals surface area contributed by atoms with Crippen LogP contribution in [-0.2, 0) is 14.3 Å². The van der Waals surface area contributed by atoms with E-state index in [1.54, 1.807) is 6.92 Å². The van der Waals surface area contributed by atoms with Crippen molar-refractivity contribution in [1.29, 1.82) is 0 Å². The predicted octanol–water partition coefficient (Wildman–Crippen LogP) is -1.49. The normalized spacial score (nSPS) is 9.24. The van der Waals surface area contributed by atoms with Crippen molar-refractivity contribution in [3.05, 3.63) is 45.9 Å². The van der Waals surface area contributed by atoms with Gasteiger partial charge in [-0.2, -0.15) is 0 Å². The maximum atomic E-state index is 12.1. The van der Waals surface area contributed by atoms with Crippen LogP contribution in [0.25, 0.3) is 0 Å². The first-order chi connectivity index (χ1) is 9.38. The van der Waals surface area contributed by atoms with Crippen molar-refractivity contribution < 1.29 is 53.6 Å². The van der Waals surface area contributed by atoms with E-state index in [0.717, 1.165) is 19.1 Å². The Kier molecular flexibility index (Phi) is 7.86. The molecule has 8 heteroatoms. The van der Waals surface area contributed by atoms with E-state index in [1.165, 1.54) is 12.1 Å². The molecule has 0 spiro atoms. The van der Waals surface area contributed by atoms with Crippen LogP contribution < -0.4 is 29.6 Å². The molecule has 0 N–H and O–H groups in total. The molecular weight excluding hydrogens is 289 g/mol. The molecule has 0 radical (unpaired) electrons. The van der Waals surface area contributed by atoms with Gasteiger partial charge in [0.1, 0.15) is 0 Å². The van der Waals surface area contributed by atoms with E-state index in [2.05, 4.69) is 4.74 Å². The fourth-order valence-electron chi connectivity index (χ4n) is 1.48. The summed E-state index contributed by atoms with van der Waals surface area (Å²) < 4.78 is 4.64. The summed E-state index contributed by atoms with van der Waals surface area (Å²) in [6.07, 6.45) is 0. The van der Waals surface area contributed by atoms with Gasteiger partial charge in [0.05, 0.1) is 17.3 Å². The molecule has 0 aliphatic heterocycles. The molecule has 1 aromatic carbocycles. The molecule has 0 aliphatic rings. The third kappa shape index (κ3) is 4.96. The number of hydrogen-bond donors (Lipinski definition) is 0. The van der Waals surface area contributed by atoms with E-state index in [0.29, 0.717) is 0 Å². The van der Waals surface area contributed by atoms with Crippen LogP contribution in [0.15, 0.2) is 24.3 Å². The number of esters is 1. The number of carbonyl (C=O) groups excluding carboxylic acids is 3. The van der Waals surface area contributed by atoms with Gasteiger partial charge in [-0.3, -0.25) is 14.9 Å². The smallest absolute Gasteiger partial charge is 0.476 e. The van der Waals surface area contributed by atoms with E-state index >= 15 is 0 Å². The zero-order chi connectivity index (χ0) is 15.3. The molecule has 0 saturated carbocycles. The van der Waals surface area contributed by atoms with Crippen molar-refractivity contribution in [3.8, 4) is 0 Å². The number of benzene rings is 1. The molecule has 1 aromatic rings. The topological polar surface area (TPSA) is 104 Å². The number of non-ortho nitro benzene ring substituents is 1. The fourth-order valence-corrected chi connectivity index (χ4v) is 1.48. The molecule has 0 fully saturated rings. The van der Waals surface area contributed by atoms with Crippen LogP contribution in [0, 0.1) is 16.0 Å². The summed E-state index contributed by atoms with van der Waals surface area (Å²) in [7, 11) is 0. The first kappa shape index (κ1) is 19.3. The van der Waals surface area contributed by atoms with Crippen molar-refractivity contribution in [1.82, 2.24) is 0 Å². The zero-order valence-electron chi connectivity index (χ0n) is 11.9. The summed E-state index contributed by atoms with van der Waals surface area (Å²) in [6.45, 7) is 2.66. The monoisotopic (exact) mass is 301 g/mol. The largest absolute Gasteiger partial charge is 1.00 e. The van der Waals surface area contributed by atoms with Crippen LogP contribution in [0.4, 0.5) is 5.69 Å². The van der Waals surface area contributed by atoms with Crippen molar-refractivity contribution in [2.75, 3.05) is 6.61 Å². The van der Waals surface area contributed by atoms with Crippen LogP contribution in [0.3, 0.4) is 0 Å². The summed E-state index contributed by atoms with van der Waals surface area (Å²) in [5.41, 5.74) is -0.184. The molecule has 106 valence electrons. The van der Waals surface area contributed by atoms with E-state index in [1.807, 2.05) is 0 Å². The first-order valence-corrected chi connectivity index (χ1v) is 5.72. The average molecular weight is 301 g/mol. The molecule has 0 aliphatic carbocycles. The third-order valence-corrected chi connectivity index (χ3v) is 2.40. The van der Waals surface area contributed by atoms with Crippen LogP contribution in [0.2, 0.25) is 0 Å². The number of nitro benzene ring substituents is 1. The van der Waals surface area contributed by atoms with Crippen LogP contribution >= 0.6 is 0 Å². The van der Waals surface area contributed by atoms with Gasteiger partial charge in [-0.25, -0.2) is 0 Å². The Morgan fingerprint density at radius 2 is 1.76 bits per heavy atom. The maximum absolute atomic E-state index is 12.1. The summed E-state index contributed by atoms with van der Waals surface area (Å²) >= 11 is 0. The van der Waals surface area contributed by atoms with Gasteiger partial charge in [-0.05, 0) is 31.9 Å². The van der Waals surface area contributed by atoms with Gasteiger partial charge < -0.3 is 14.3 Å². The number of rotatable bonds is 6. The van der Waals surface area contributed by atoms with E-state index in [9.17, 15) is 24.5 Å². The maximum Gasteiger partial charge on any atom is 1.00 e. The number of nitrogens with zero attached hydrogens (tertiary/aromatic N) is 1. The number of nitro groups is 1. The second-order valence-corrected chi connectivity index (χ2v) is 3.78. The van der Waals surface area contributed by atoms with Crippen molar-refractivity contribution in [2.24, 2.45) is 0 Å². The summed E-state index contributed by atoms with van der Waals surface area (Å²) in [4.78, 5) is 44.9. The van der Waals surface area contributed by atoms with Gasteiger partial charge in [-0.15, -0.1) is 17.7 Å². The minimum Gasteiger partial charge on any atom is -0.476 e. The summed E-state index contributed by atoms with van der Waals surface area (Å²) in [6, 6.07) is 4.61. The number of ether oxygens (including phenoxy) is 1. The average Bonchev–Trinajstić information content (AvgIpc) is 2.38. The quantitative estimate of drug-likeness (QED) is 0.121. The minimum atomic E-state index is -0.997. The van der Waals surface area contributed by atoms with E-state index < -0.39 is 28.4 Å². The van der Waals surface area contributed by atoms with Gasteiger partial charge in [0.15, 0.2) is 0 Å².